The Balaban J connectivity index is 2.15. The molecule has 0 radical (unpaired) electrons. The molecule has 0 aliphatic heterocycles. The van der Waals surface area contributed by atoms with Crippen molar-refractivity contribution in [2.24, 2.45) is 0 Å². The van der Waals surface area contributed by atoms with Gasteiger partial charge in [-0.25, -0.2) is 9.48 Å². The van der Waals surface area contributed by atoms with Gasteiger partial charge in [0.15, 0.2) is 0 Å². The Kier molecular flexibility index (Phi) is 3.10. The van der Waals surface area contributed by atoms with Crippen LogP contribution in [0.15, 0.2) is 39.5 Å². The monoisotopic (exact) mass is 288 g/mol. The van der Waals surface area contributed by atoms with Crippen molar-refractivity contribution in [3.8, 4) is 0 Å². The van der Waals surface area contributed by atoms with E-state index in [-0.39, 0.29) is 5.63 Å². The van der Waals surface area contributed by atoms with E-state index < -0.39 is 0 Å². The zero-order valence-electron chi connectivity index (χ0n) is 11.2. The SMILES string of the molecule is Cc1cc(=O)oc2c1c(C)nn2Cc1cccc(Cl)c1. The molecule has 20 heavy (non-hydrogen) atoms. The van der Waals surface area contributed by atoms with Crippen LogP contribution in [0.5, 0.6) is 0 Å². The van der Waals surface area contributed by atoms with Crippen molar-refractivity contribution < 1.29 is 4.42 Å². The molecule has 2 heterocycles. The van der Waals surface area contributed by atoms with Gasteiger partial charge in [0.05, 0.1) is 17.6 Å². The van der Waals surface area contributed by atoms with Crippen molar-refractivity contribution >= 4 is 22.7 Å². The molecule has 3 rings (SSSR count). The minimum atomic E-state index is -0.359. The second kappa shape index (κ2) is 4.80. The quantitative estimate of drug-likeness (QED) is 0.727. The van der Waals surface area contributed by atoms with Gasteiger partial charge in [0.25, 0.3) is 0 Å². The van der Waals surface area contributed by atoms with Gasteiger partial charge in [-0.1, -0.05) is 23.7 Å². The first kappa shape index (κ1) is 12.9. The van der Waals surface area contributed by atoms with Crippen molar-refractivity contribution in [2.45, 2.75) is 20.4 Å². The molecule has 4 nitrogen and oxygen atoms in total. The molecule has 0 bridgehead atoms. The molecule has 0 saturated heterocycles. The normalized spacial score (nSPS) is 11.2. The molecule has 5 heteroatoms. The number of benzene rings is 1. The summed E-state index contributed by atoms with van der Waals surface area (Å²) in [6.07, 6.45) is 0. The smallest absolute Gasteiger partial charge is 0.337 e. The van der Waals surface area contributed by atoms with Crippen molar-refractivity contribution in [2.75, 3.05) is 0 Å². The molecular formula is C15H13ClN2O2. The fraction of sp³-hybridized carbons (Fsp3) is 0.200. The zero-order chi connectivity index (χ0) is 14.3. The van der Waals surface area contributed by atoms with E-state index >= 15 is 0 Å². The summed E-state index contributed by atoms with van der Waals surface area (Å²) in [5.74, 6) is 0. The van der Waals surface area contributed by atoms with Gasteiger partial charge in [0, 0.05) is 11.1 Å². The number of nitrogens with zero attached hydrogens (tertiary/aromatic N) is 2. The maximum absolute atomic E-state index is 11.5. The minimum absolute atomic E-state index is 0.359. The van der Waals surface area contributed by atoms with E-state index in [4.69, 9.17) is 16.0 Å². The number of hydrogen-bond donors (Lipinski definition) is 0. The standard InChI is InChI=1S/C15H13ClN2O2/c1-9-6-13(19)20-15-14(9)10(2)17-18(15)8-11-4-3-5-12(16)7-11/h3-7H,8H2,1-2H3. The van der Waals surface area contributed by atoms with Crippen LogP contribution in [-0.2, 0) is 6.54 Å². The lowest BCUT2D eigenvalue weighted by molar-refractivity contribution is 0.512. The van der Waals surface area contributed by atoms with Crippen LogP contribution in [0.3, 0.4) is 0 Å². The number of hydrogen-bond acceptors (Lipinski definition) is 3. The number of aromatic nitrogens is 2. The Morgan fingerprint density at radius 3 is 2.85 bits per heavy atom. The number of rotatable bonds is 2. The molecule has 0 aliphatic carbocycles. The first-order valence-corrected chi connectivity index (χ1v) is 6.65. The Morgan fingerprint density at radius 1 is 1.30 bits per heavy atom. The maximum atomic E-state index is 11.5. The third kappa shape index (κ3) is 2.23. The second-order valence-electron chi connectivity index (χ2n) is 4.80. The summed E-state index contributed by atoms with van der Waals surface area (Å²) in [6, 6.07) is 9.03. The van der Waals surface area contributed by atoms with E-state index in [0.717, 1.165) is 22.2 Å². The summed E-state index contributed by atoms with van der Waals surface area (Å²) in [7, 11) is 0. The lowest BCUT2D eigenvalue weighted by Crippen LogP contribution is -2.04. The summed E-state index contributed by atoms with van der Waals surface area (Å²) in [5.41, 5.74) is 2.88. The third-order valence-corrected chi connectivity index (χ3v) is 3.46. The highest BCUT2D eigenvalue weighted by atomic mass is 35.5. The van der Waals surface area contributed by atoms with Crippen LogP contribution in [0, 0.1) is 13.8 Å². The Morgan fingerprint density at radius 2 is 2.10 bits per heavy atom. The molecule has 0 unspecified atom stereocenters. The molecule has 2 aromatic heterocycles. The highest BCUT2D eigenvalue weighted by Crippen LogP contribution is 2.21. The van der Waals surface area contributed by atoms with E-state index in [0.29, 0.717) is 17.3 Å². The topological polar surface area (TPSA) is 48.0 Å². The van der Waals surface area contributed by atoms with Gasteiger partial charge in [0.2, 0.25) is 5.71 Å². The predicted octanol–water partition coefficient (Wildman–Crippen LogP) is 3.31. The molecule has 102 valence electrons. The number of fused-ring (bicyclic) bond motifs is 1. The predicted molar refractivity (Wildman–Crippen MR) is 78.3 cm³/mol. The van der Waals surface area contributed by atoms with Gasteiger partial charge in [-0.3, -0.25) is 0 Å². The van der Waals surface area contributed by atoms with Gasteiger partial charge in [-0.05, 0) is 37.1 Å². The average molecular weight is 289 g/mol. The van der Waals surface area contributed by atoms with Crippen LogP contribution in [0.25, 0.3) is 11.1 Å². The molecule has 0 atom stereocenters. The van der Waals surface area contributed by atoms with Crippen molar-refractivity contribution in [1.82, 2.24) is 9.78 Å². The lowest BCUT2D eigenvalue weighted by atomic mass is 10.2. The largest absolute Gasteiger partial charge is 0.404 e. The number of halogens is 1. The Bertz CT molecular complexity index is 849. The third-order valence-electron chi connectivity index (χ3n) is 3.23. The molecule has 3 aromatic rings. The molecule has 0 saturated carbocycles. The van der Waals surface area contributed by atoms with Crippen LogP contribution in [0.4, 0.5) is 0 Å². The van der Waals surface area contributed by atoms with Gasteiger partial charge >= 0.3 is 5.63 Å². The van der Waals surface area contributed by atoms with E-state index in [9.17, 15) is 4.79 Å². The molecular weight excluding hydrogens is 276 g/mol. The number of aryl methyl sites for hydroxylation is 2. The van der Waals surface area contributed by atoms with E-state index in [1.165, 1.54) is 6.07 Å². The van der Waals surface area contributed by atoms with E-state index in [1.807, 2.05) is 38.1 Å². The minimum Gasteiger partial charge on any atom is -0.404 e. The molecule has 0 spiro atoms. The fourth-order valence-electron chi connectivity index (χ4n) is 2.41. The van der Waals surface area contributed by atoms with Crippen LogP contribution in [0.1, 0.15) is 16.8 Å². The molecule has 0 aliphatic rings. The molecule has 0 N–H and O–H groups in total. The van der Waals surface area contributed by atoms with Crippen LogP contribution >= 0.6 is 11.6 Å². The summed E-state index contributed by atoms with van der Waals surface area (Å²) < 4.78 is 7.01. The van der Waals surface area contributed by atoms with Gasteiger partial charge in [0.1, 0.15) is 0 Å². The molecule has 0 amide bonds. The summed E-state index contributed by atoms with van der Waals surface area (Å²) in [5, 5.41) is 6.03. The van der Waals surface area contributed by atoms with Crippen LogP contribution < -0.4 is 5.63 Å². The van der Waals surface area contributed by atoms with Gasteiger partial charge in [-0.15, -0.1) is 0 Å². The summed E-state index contributed by atoms with van der Waals surface area (Å²) in [4.78, 5) is 11.5. The zero-order valence-corrected chi connectivity index (χ0v) is 11.9. The molecule has 1 aromatic carbocycles. The highest BCUT2D eigenvalue weighted by molar-refractivity contribution is 6.30. The van der Waals surface area contributed by atoms with Crippen LogP contribution in [-0.4, -0.2) is 9.78 Å². The van der Waals surface area contributed by atoms with Crippen molar-refractivity contribution in [3.05, 3.63) is 62.6 Å². The first-order valence-electron chi connectivity index (χ1n) is 6.27. The first-order chi connectivity index (χ1) is 9.54. The summed E-state index contributed by atoms with van der Waals surface area (Å²) in [6.45, 7) is 4.30. The van der Waals surface area contributed by atoms with Crippen molar-refractivity contribution in [3.63, 3.8) is 0 Å². The highest BCUT2D eigenvalue weighted by Gasteiger charge is 2.13. The maximum Gasteiger partial charge on any atom is 0.337 e. The Hall–Kier alpha value is -2.07. The van der Waals surface area contributed by atoms with E-state index in [2.05, 4.69) is 5.10 Å². The van der Waals surface area contributed by atoms with E-state index in [1.54, 1.807) is 4.68 Å². The fourth-order valence-corrected chi connectivity index (χ4v) is 2.62. The average Bonchev–Trinajstić information content (AvgIpc) is 2.66. The van der Waals surface area contributed by atoms with Crippen molar-refractivity contribution in [1.29, 1.82) is 0 Å². The van der Waals surface area contributed by atoms with Gasteiger partial charge in [-0.2, -0.15) is 5.10 Å². The van der Waals surface area contributed by atoms with Gasteiger partial charge < -0.3 is 4.42 Å². The lowest BCUT2D eigenvalue weighted by Gasteiger charge is -2.03. The molecule has 0 fully saturated rings. The second-order valence-corrected chi connectivity index (χ2v) is 5.24. The summed E-state index contributed by atoms with van der Waals surface area (Å²) >= 11 is 5.98. The Labute approximate surface area is 120 Å². The van der Waals surface area contributed by atoms with Crippen LogP contribution in [0.2, 0.25) is 5.02 Å².